The van der Waals surface area contributed by atoms with Gasteiger partial charge in [0.05, 0.1) is 17.0 Å². The lowest BCUT2D eigenvalue weighted by molar-refractivity contribution is -0.137. The summed E-state index contributed by atoms with van der Waals surface area (Å²) in [5.74, 6) is 0.252. The molecule has 2 aromatic carbocycles. The van der Waals surface area contributed by atoms with Gasteiger partial charge >= 0.3 is 6.18 Å². The monoisotopic (exact) mass is 468 g/mol. The van der Waals surface area contributed by atoms with Crippen LogP contribution in [-0.4, -0.2) is 26.4 Å². The number of rotatable bonds is 7. The highest BCUT2D eigenvalue weighted by Gasteiger charge is 2.33. The van der Waals surface area contributed by atoms with Crippen molar-refractivity contribution in [1.82, 2.24) is 14.8 Å². The van der Waals surface area contributed by atoms with Gasteiger partial charge in [-0.15, -0.1) is 10.2 Å². The molecule has 31 heavy (non-hydrogen) atoms. The van der Waals surface area contributed by atoms with Gasteiger partial charge in [0.15, 0.2) is 11.0 Å². The molecule has 0 aliphatic heterocycles. The number of carbonyl (C=O) groups excluding carboxylic acids is 1. The van der Waals surface area contributed by atoms with Gasteiger partial charge in [0.1, 0.15) is 0 Å². The number of aromatic nitrogens is 3. The molecule has 3 rings (SSSR count). The Kier molecular flexibility index (Phi) is 7.27. The van der Waals surface area contributed by atoms with Crippen LogP contribution in [0.1, 0.15) is 19.4 Å². The summed E-state index contributed by atoms with van der Waals surface area (Å²) in [5, 5.41) is 11.9. The molecule has 5 nitrogen and oxygen atoms in total. The zero-order valence-corrected chi connectivity index (χ0v) is 18.4. The lowest BCUT2D eigenvalue weighted by Crippen LogP contribution is -2.18. The number of halogens is 4. The molecule has 10 heteroatoms. The Hall–Kier alpha value is -2.52. The lowest BCUT2D eigenvalue weighted by atomic mass is 10.1. The van der Waals surface area contributed by atoms with E-state index in [1.807, 2.05) is 30.5 Å². The Morgan fingerprint density at radius 1 is 1.13 bits per heavy atom. The van der Waals surface area contributed by atoms with Gasteiger partial charge in [-0.05, 0) is 42.3 Å². The molecular weight excluding hydrogens is 449 g/mol. The summed E-state index contributed by atoms with van der Waals surface area (Å²) >= 11 is 7.08. The molecule has 1 N–H and O–H groups in total. The Bertz CT molecular complexity index is 1050. The minimum atomic E-state index is -4.55. The van der Waals surface area contributed by atoms with Crippen molar-refractivity contribution in [3.63, 3.8) is 0 Å². The van der Waals surface area contributed by atoms with E-state index in [1.165, 1.54) is 18.2 Å². The number of nitrogens with one attached hydrogen (secondary N) is 1. The van der Waals surface area contributed by atoms with E-state index in [0.717, 1.165) is 23.4 Å². The van der Waals surface area contributed by atoms with Crippen LogP contribution in [0.15, 0.2) is 53.7 Å². The van der Waals surface area contributed by atoms with Crippen LogP contribution in [0.5, 0.6) is 0 Å². The topological polar surface area (TPSA) is 59.8 Å². The molecule has 0 saturated carbocycles. The summed E-state index contributed by atoms with van der Waals surface area (Å²) in [4.78, 5) is 12.3. The third-order valence-electron chi connectivity index (χ3n) is 4.21. The fourth-order valence-corrected chi connectivity index (χ4v) is 3.77. The van der Waals surface area contributed by atoms with Crippen molar-refractivity contribution in [1.29, 1.82) is 0 Å². The maximum absolute atomic E-state index is 13.1. The second-order valence-electron chi connectivity index (χ2n) is 7.20. The van der Waals surface area contributed by atoms with Crippen molar-refractivity contribution < 1.29 is 18.0 Å². The first-order chi connectivity index (χ1) is 14.6. The van der Waals surface area contributed by atoms with Crippen LogP contribution in [0.25, 0.3) is 11.4 Å². The Morgan fingerprint density at radius 2 is 1.81 bits per heavy atom. The van der Waals surface area contributed by atoms with Crippen molar-refractivity contribution in [3.8, 4) is 11.4 Å². The second-order valence-corrected chi connectivity index (χ2v) is 8.58. The smallest absolute Gasteiger partial charge is 0.325 e. The first-order valence-corrected chi connectivity index (χ1v) is 10.8. The average molecular weight is 469 g/mol. The molecule has 1 aromatic heterocycles. The largest absolute Gasteiger partial charge is 0.418 e. The van der Waals surface area contributed by atoms with E-state index in [4.69, 9.17) is 11.6 Å². The number of para-hydroxylation sites is 1. The standard InChI is InChI=1S/C21H20ClF3N4OS/c1-13(2)11-29-19(14-7-9-15(22)10-8-14)27-28-20(29)31-12-18(30)26-17-6-4-3-5-16(17)21(23,24)25/h3-10,13H,11-12H2,1-2H3,(H,26,30). The number of hydrogen-bond acceptors (Lipinski definition) is 4. The molecule has 0 fully saturated rings. The number of anilines is 1. The van der Waals surface area contributed by atoms with E-state index in [-0.39, 0.29) is 17.4 Å². The number of thioether (sulfide) groups is 1. The molecule has 0 radical (unpaired) electrons. The molecule has 0 aliphatic carbocycles. The third-order valence-corrected chi connectivity index (χ3v) is 5.42. The van der Waals surface area contributed by atoms with Gasteiger partial charge in [-0.3, -0.25) is 4.79 Å². The highest BCUT2D eigenvalue weighted by atomic mass is 35.5. The molecule has 0 unspecified atom stereocenters. The van der Waals surface area contributed by atoms with Crippen molar-refractivity contribution in [3.05, 3.63) is 59.1 Å². The fraction of sp³-hybridized carbons (Fsp3) is 0.286. The third kappa shape index (κ3) is 6.01. The van der Waals surface area contributed by atoms with E-state index >= 15 is 0 Å². The maximum atomic E-state index is 13.1. The van der Waals surface area contributed by atoms with E-state index in [1.54, 1.807) is 12.1 Å². The molecule has 0 spiro atoms. The van der Waals surface area contributed by atoms with Crippen LogP contribution in [-0.2, 0) is 17.5 Å². The summed E-state index contributed by atoms with van der Waals surface area (Å²) in [5.41, 5.74) is -0.333. The zero-order valence-electron chi connectivity index (χ0n) is 16.8. The van der Waals surface area contributed by atoms with Crippen LogP contribution in [0, 0.1) is 5.92 Å². The first kappa shape index (κ1) is 23.1. The van der Waals surface area contributed by atoms with Crippen LogP contribution >= 0.6 is 23.4 Å². The van der Waals surface area contributed by atoms with Gasteiger partial charge in [-0.25, -0.2) is 0 Å². The van der Waals surface area contributed by atoms with Gasteiger partial charge in [0.25, 0.3) is 0 Å². The molecular formula is C21H20ClF3N4OS. The Labute approximate surface area is 187 Å². The van der Waals surface area contributed by atoms with Crippen LogP contribution < -0.4 is 5.32 Å². The number of nitrogens with zero attached hydrogens (tertiary/aromatic N) is 3. The fourth-order valence-electron chi connectivity index (χ4n) is 2.89. The van der Waals surface area contributed by atoms with Crippen molar-refractivity contribution in [2.24, 2.45) is 5.92 Å². The zero-order chi connectivity index (χ0) is 22.6. The predicted molar refractivity (Wildman–Crippen MR) is 116 cm³/mol. The SMILES string of the molecule is CC(C)Cn1c(SCC(=O)Nc2ccccc2C(F)(F)F)nnc1-c1ccc(Cl)cc1. The quantitative estimate of drug-likeness (QED) is 0.432. The summed E-state index contributed by atoms with van der Waals surface area (Å²) in [6.45, 7) is 4.70. The van der Waals surface area contributed by atoms with Crippen LogP contribution in [0.4, 0.5) is 18.9 Å². The Morgan fingerprint density at radius 3 is 2.45 bits per heavy atom. The summed E-state index contributed by atoms with van der Waals surface area (Å²) < 4.78 is 41.3. The molecule has 3 aromatic rings. The summed E-state index contributed by atoms with van der Waals surface area (Å²) in [7, 11) is 0. The highest BCUT2D eigenvalue weighted by Crippen LogP contribution is 2.34. The lowest BCUT2D eigenvalue weighted by Gasteiger charge is -2.14. The van der Waals surface area contributed by atoms with E-state index in [9.17, 15) is 18.0 Å². The summed E-state index contributed by atoms with van der Waals surface area (Å²) in [6.07, 6.45) is -4.55. The highest BCUT2D eigenvalue weighted by molar-refractivity contribution is 7.99. The van der Waals surface area contributed by atoms with E-state index in [2.05, 4.69) is 15.5 Å². The number of benzene rings is 2. The van der Waals surface area contributed by atoms with Gasteiger partial charge in [0, 0.05) is 17.1 Å². The predicted octanol–water partition coefficient (Wildman–Crippen LogP) is 6.00. The molecule has 0 bridgehead atoms. The van der Waals surface area contributed by atoms with Crippen molar-refractivity contribution >= 4 is 35.0 Å². The van der Waals surface area contributed by atoms with Gasteiger partial charge < -0.3 is 9.88 Å². The van der Waals surface area contributed by atoms with Crippen molar-refractivity contribution in [2.45, 2.75) is 31.7 Å². The molecule has 164 valence electrons. The summed E-state index contributed by atoms with van der Waals surface area (Å²) in [6, 6.07) is 12.0. The average Bonchev–Trinajstić information content (AvgIpc) is 3.08. The van der Waals surface area contributed by atoms with E-state index < -0.39 is 17.6 Å². The second kappa shape index (κ2) is 9.74. The maximum Gasteiger partial charge on any atom is 0.418 e. The van der Waals surface area contributed by atoms with Gasteiger partial charge in [-0.2, -0.15) is 13.2 Å². The normalized spacial score (nSPS) is 11.7. The number of amides is 1. The minimum absolute atomic E-state index is 0.108. The van der Waals surface area contributed by atoms with Crippen LogP contribution in [0.3, 0.4) is 0 Å². The number of hydrogen-bond donors (Lipinski definition) is 1. The molecule has 0 aliphatic rings. The van der Waals surface area contributed by atoms with Crippen molar-refractivity contribution in [2.75, 3.05) is 11.1 Å². The Balaban J connectivity index is 1.76. The molecule has 1 amide bonds. The van der Waals surface area contributed by atoms with E-state index in [0.29, 0.717) is 22.5 Å². The number of alkyl halides is 3. The molecule has 0 saturated heterocycles. The number of carbonyl (C=O) groups is 1. The van der Waals surface area contributed by atoms with Crippen LogP contribution in [0.2, 0.25) is 5.02 Å². The molecule has 0 atom stereocenters. The molecule has 1 heterocycles. The first-order valence-electron chi connectivity index (χ1n) is 9.43. The minimum Gasteiger partial charge on any atom is -0.325 e. The van der Waals surface area contributed by atoms with Gasteiger partial charge in [-0.1, -0.05) is 49.3 Å². The van der Waals surface area contributed by atoms with Gasteiger partial charge in [0.2, 0.25) is 5.91 Å².